The number of carbonyl (C=O) groups is 4. The van der Waals surface area contributed by atoms with E-state index >= 15 is 0 Å². The van der Waals surface area contributed by atoms with Crippen molar-refractivity contribution in [1.29, 1.82) is 0 Å². The molecule has 0 radical (unpaired) electrons. The quantitative estimate of drug-likeness (QED) is 0.0222. The molecule has 19 heteroatoms. The normalized spacial score (nSPS) is 14.8. The number of aliphatic hydroxyl groups is 1. The molecule has 0 heterocycles. The molecule has 0 aromatic heterocycles. The lowest BCUT2D eigenvalue weighted by atomic mass is 10.00. The van der Waals surface area contributed by atoms with Gasteiger partial charge in [-0.25, -0.2) is 9.13 Å². The molecule has 3 N–H and O–H groups in total. The van der Waals surface area contributed by atoms with E-state index in [1.165, 1.54) is 161 Å². The molecule has 0 fully saturated rings. The summed E-state index contributed by atoms with van der Waals surface area (Å²) in [6.07, 6.45) is 46.1. The highest BCUT2D eigenvalue weighted by Gasteiger charge is 2.30. The van der Waals surface area contributed by atoms with Crippen molar-refractivity contribution in [2.45, 2.75) is 382 Å². The molecule has 0 aromatic rings. The maximum Gasteiger partial charge on any atom is 0.472 e. The smallest absolute Gasteiger partial charge is 0.462 e. The van der Waals surface area contributed by atoms with Crippen LogP contribution in [0.5, 0.6) is 0 Å². The summed E-state index contributed by atoms with van der Waals surface area (Å²) in [5, 5.41) is 10.6. The number of unbranched alkanes of at least 4 members (excludes halogenated alkanes) is 34. The van der Waals surface area contributed by atoms with Gasteiger partial charge in [0.15, 0.2) is 12.2 Å². The van der Waals surface area contributed by atoms with Crippen LogP contribution in [0, 0.1) is 23.7 Å². The second-order valence-corrected chi connectivity index (χ2v) is 30.7. The van der Waals surface area contributed by atoms with E-state index in [2.05, 4.69) is 55.4 Å². The Morgan fingerprint density at radius 3 is 0.772 bits per heavy atom. The fourth-order valence-corrected chi connectivity index (χ4v) is 12.5. The average molecular weight is 1350 g/mol. The monoisotopic (exact) mass is 1350 g/mol. The minimum absolute atomic E-state index is 0.103. The first-order chi connectivity index (χ1) is 44.2. The number of hydrogen-bond donors (Lipinski definition) is 3. The summed E-state index contributed by atoms with van der Waals surface area (Å²) in [5.74, 6) is 0.860. The van der Waals surface area contributed by atoms with E-state index in [1.807, 2.05) is 0 Å². The molecule has 0 aromatic carbocycles. The highest BCUT2D eigenvalue weighted by molar-refractivity contribution is 7.47. The molecule has 0 spiro atoms. The van der Waals surface area contributed by atoms with Crippen molar-refractivity contribution >= 4 is 39.5 Å². The van der Waals surface area contributed by atoms with Gasteiger partial charge in [-0.05, 0) is 49.4 Å². The van der Waals surface area contributed by atoms with Gasteiger partial charge >= 0.3 is 39.5 Å². The van der Waals surface area contributed by atoms with Crippen molar-refractivity contribution in [2.75, 3.05) is 39.6 Å². The Labute approximate surface area is 562 Å². The minimum atomic E-state index is -4.95. The largest absolute Gasteiger partial charge is 0.472 e. The molecule has 7 atom stereocenters. The molecule has 0 aliphatic heterocycles. The van der Waals surface area contributed by atoms with E-state index in [0.29, 0.717) is 25.7 Å². The summed E-state index contributed by atoms with van der Waals surface area (Å²) in [4.78, 5) is 72.6. The lowest BCUT2D eigenvalue weighted by Crippen LogP contribution is -2.30. The molecule has 0 bridgehead atoms. The number of phosphoric ester groups is 2. The molecule has 0 aliphatic rings. The van der Waals surface area contributed by atoms with E-state index in [4.69, 9.17) is 37.0 Å². The Bertz CT molecular complexity index is 1820. The lowest BCUT2D eigenvalue weighted by Gasteiger charge is -2.21. The van der Waals surface area contributed by atoms with E-state index in [1.54, 1.807) is 0 Å². The third-order valence-electron chi connectivity index (χ3n) is 17.5. The molecule has 4 unspecified atom stereocenters. The summed E-state index contributed by atoms with van der Waals surface area (Å²) in [6.45, 7) is 14.1. The van der Waals surface area contributed by atoms with Gasteiger partial charge in [-0.1, -0.05) is 312 Å². The van der Waals surface area contributed by atoms with Crippen LogP contribution in [-0.2, 0) is 65.4 Å². The van der Waals surface area contributed by atoms with E-state index in [0.717, 1.165) is 120 Å². The SMILES string of the molecule is CCC(C)CCCCCCCCC(=O)OC[C@H](COP(=O)(O)OC[C@H](O)COP(=O)(O)OC[C@@H](COC(=O)CCCCCCCCCCCCCCCCCCCCC(C)C)OC(=O)CCCCCCCCC(C)CC)OC(=O)CCCCCCCCCCC(C)C. The first-order valence-electron chi connectivity index (χ1n) is 37.8. The fourth-order valence-electron chi connectivity index (χ4n) is 11.0. The van der Waals surface area contributed by atoms with Crippen molar-refractivity contribution in [1.82, 2.24) is 0 Å². The molecule has 17 nitrogen and oxygen atoms in total. The number of aliphatic hydroxyl groups excluding tert-OH is 1. The summed E-state index contributed by atoms with van der Waals surface area (Å²) in [7, 11) is -9.90. The number of esters is 4. The van der Waals surface area contributed by atoms with Crippen LogP contribution in [0.15, 0.2) is 0 Å². The second kappa shape index (κ2) is 62.6. The zero-order chi connectivity index (χ0) is 68.2. The summed E-state index contributed by atoms with van der Waals surface area (Å²) in [5.41, 5.74) is 0. The van der Waals surface area contributed by atoms with Gasteiger partial charge in [0.1, 0.15) is 19.3 Å². The number of phosphoric acid groups is 2. The summed E-state index contributed by atoms with van der Waals surface area (Å²) >= 11 is 0. The predicted molar refractivity (Wildman–Crippen MR) is 372 cm³/mol. The molecular weight excluding hydrogens is 1210 g/mol. The lowest BCUT2D eigenvalue weighted by molar-refractivity contribution is -0.161. The third-order valence-corrected chi connectivity index (χ3v) is 19.4. The Balaban J connectivity index is 5.14. The van der Waals surface area contributed by atoms with E-state index in [9.17, 15) is 43.2 Å². The molecule has 0 saturated heterocycles. The first-order valence-corrected chi connectivity index (χ1v) is 40.8. The fraction of sp³-hybridized carbons (Fsp3) is 0.945. The predicted octanol–water partition coefficient (Wildman–Crippen LogP) is 20.9. The van der Waals surface area contributed by atoms with E-state index < -0.39 is 97.5 Å². The van der Waals surface area contributed by atoms with Gasteiger partial charge in [-0.3, -0.25) is 37.3 Å². The van der Waals surface area contributed by atoms with Crippen LogP contribution in [0.4, 0.5) is 0 Å². The Morgan fingerprint density at radius 2 is 0.522 bits per heavy atom. The van der Waals surface area contributed by atoms with Crippen LogP contribution in [-0.4, -0.2) is 96.7 Å². The maximum absolute atomic E-state index is 13.0. The average Bonchev–Trinajstić information content (AvgIpc) is 3.66. The maximum atomic E-state index is 13.0. The molecule has 0 rings (SSSR count). The third kappa shape index (κ3) is 64.1. The molecule has 92 heavy (non-hydrogen) atoms. The van der Waals surface area contributed by atoms with Crippen LogP contribution >= 0.6 is 15.6 Å². The molecular formula is C73H142O17P2. The number of ether oxygens (including phenoxy) is 4. The van der Waals surface area contributed by atoms with Crippen LogP contribution in [0.3, 0.4) is 0 Å². The van der Waals surface area contributed by atoms with Gasteiger partial charge in [-0.15, -0.1) is 0 Å². The molecule has 0 saturated carbocycles. The van der Waals surface area contributed by atoms with Gasteiger partial charge in [0.05, 0.1) is 26.4 Å². The summed E-state index contributed by atoms with van der Waals surface area (Å²) < 4.78 is 68.3. The van der Waals surface area contributed by atoms with Gasteiger partial charge in [0.25, 0.3) is 0 Å². The van der Waals surface area contributed by atoms with Crippen LogP contribution in [0.1, 0.15) is 364 Å². The standard InChI is InChI=1S/C73H142O17P2/c1-9-65(7)51-43-35-29-31-38-46-54-71(76)84-60-68(89-72(77)55-47-39-28-24-23-26-34-42-50-64(5)6)61-87-91(79,80)85-57-67(74)58-86-92(81,82)88-62-69(90-73(78)56-48-40-32-30-36-44-52-66(8)10-2)59-83-70(75)53-45-37-27-22-20-18-16-14-12-11-13-15-17-19-21-25-33-41-49-63(3)4/h63-69,74H,9-62H2,1-8H3,(H,79,80)(H,81,82)/t65?,66?,67-,68+,69+/m0/s1. The topological polar surface area (TPSA) is 237 Å². The van der Waals surface area contributed by atoms with Crippen molar-refractivity contribution in [3.05, 3.63) is 0 Å². The minimum Gasteiger partial charge on any atom is -0.462 e. The van der Waals surface area contributed by atoms with Crippen LogP contribution < -0.4 is 0 Å². The van der Waals surface area contributed by atoms with Crippen molar-refractivity contribution in [3.63, 3.8) is 0 Å². The Hall–Kier alpha value is -1.94. The van der Waals surface area contributed by atoms with Crippen LogP contribution in [0.2, 0.25) is 0 Å². The molecule has 0 aliphatic carbocycles. The Morgan fingerprint density at radius 1 is 0.304 bits per heavy atom. The molecule has 546 valence electrons. The highest BCUT2D eigenvalue weighted by Crippen LogP contribution is 2.45. The number of hydrogen-bond acceptors (Lipinski definition) is 15. The zero-order valence-electron chi connectivity index (χ0n) is 60.2. The van der Waals surface area contributed by atoms with Gasteiger partial charge in [0, 0.05) is 25.7 Å². The first kappa shape index (κ1) is 90.1. The van der Waals surface area contributed by atoms with Gasteiger partial charge in [-0.2, -0.15) is 0 Å². The van der Waals surface area contributed by atoms with Crippen LogP contribution in [0.25, 0.3) is 0 Å². The van der Waals surface area contributed by atoms with Gasteiger partial charge in [0.2, 0.25) is 0 Å². The van der Waals surface area contributed by atoms with E-state index in [-0.39, 0.29) is 25.7 Å². The number of carbonyl (C=O) groups excluding carboxylic acids is 4. The van der Waals surface area contributed by atoms with Gasteiger partial charge < -0.3 is 33.8 Å². The zero-order valence-corrected chi connectivity index (χ0v) is 62.0. The number of rotatable bonds is 70. The Kier molecular flexibility index (Phi) is 61.3. The second-order valence-electron chi connectivity index (χ2n) is 27.8. The van der Waals surface area contributed by atoms with Crippen molar-refractivity contribution in [3.8, 4) is 0 Å². The summed E-state index contributed by atoms with van der Waals surface area (Å²) in [6, 6.07) is 0. The van der Waals surface area contributed by atoms with Crippen molar-refractivity contribution in [2.24, 2.45) is 23.7 Å². The highest BCUT2D eigenvalue weighted by atomic mass is 31.2. The van der Waals surface area contributed by atoms with Crippen molar-refractivity contribution < 1.29 is 80.2 Å². The molecule has 0 amide bonds.